The summed E-state index contributed by atoms with van der Waals surface area (Å²) >= 11 is 0. The molecule has 0 radical (unpaired) electrons. The number of ether oxygens (including phenoxy) is 1. The molecule has 3 rings (SSSR count). The molecule has 1 aromatic carbocycles. The van der Waals surface area contributed by atoms with Crippen LogP contribution in [0.2, 0.25) is 0 Å². The van der Waals surface area contributed by atoms with Crippen LogP contribution < -0.4 is 5.32 Å². The molecule has 3 atom stereocenters. The fraction of sp³-hybridized carbons (Fsp3) is 0.611. The Morgan fingerprint density at radius 1 is 1.26 bits per heavy atom. The van der Waals surface area contributed by atoms with E-state index < -0.39 is 17.2 Å². The lowest BCUT2D eigenvalue weighted by Gasteiger charge is -2.27. The first kappa shape index (κ1) is 16.4. The minimum Gasteiger partial charge on any atom is -0.367 e. The average molecular weight is 323 g/mol. The second kappa shape index (κ2) is 5.26. The molecule has 2 fully saturated rings. The smallest absolute Gasteiger partial charge is 0.224 e. The number of carbonyl (C=O) groups excluding carboxylic acids is 1. The lowest BCUT2D eigenvalue weighted by Crippen LogP contribution is -2.46. The molecule has 1 amide bonds. The van der Waals surface area contributed by atoms with E-state index >= 15 is 0 Å². The second-order valence-corrected chi connectivity index (χ2v) is 7.82. The van der Waals surface area contributed by atoms with Crippen LogP contribution in [0.1, 0.15) is 52.0 Å². The third kappa shape index (κ3) is 3.11. The number of amides is 1. The third-order valence-corrected chi connectivity index (χ3v) is 4.90. The van der Waals surface area contributed by atoms with Gasteiger partial charge in [-0.15, -0.1) is 0 Å². The quantitative estimate of drug-likeness (QED) is 0.924. The molecule has 1 saturated heterocycles. The predicted octanol–water partition coefficient (Wildman–Crippen LogP) is 3.53. The zero-order valence-electron chi connectivity index (χ0n) is 14.0. The van der Waals surface area contributed by atoms with Crippen LogP contribution >= 0.6 is 0 Å². The maximum absolute atomic E-state index is 13.8. The number of halogens is 2. The molecule has 2 aliphatic rings. The van der Waals surface area contributed by atoms with Gasteiger partial charge in [0.2, 0.25) is 5.91 Å². The van der Waals surface area contributed by atoms with E-state index in [1.807, 2.05) is 27.7 Å². The highest BCUT2D eigenvalue weighted by atomic mass is 19.2. The zero-order chi connectivity index (χ0) is 17.0. The summed E-state index contributed by atoms with van der Waals surface area (Å²) in [6, 6.07) is 4.06. The summed E-state index contributed by atoms with van der Waals surface area (Å²) in [5.74, 6) is -2.31. The summed E-state index contributed by atoms with van der Waals surface area (Å²) in [5, 5.41) is 3.04. The van der Waals surface area contributed by atoms with E-state index in [0.717, 1.165) is 12.5 Å². The highest BCUT2D eigenvalue weighted by molar-refractivity contribution is 5.83. The van der Waals surface area contributed by atoms with Crippen molar-refractivity contribution in [3.63, 3.8) is 0 Å². The van der Waals surface area contributed by atoms with Crippen molar-refractivity contribution >= 4 is 5.91 Å². The van der Waals surface area contributed by atoms with E-state index in [1.165, 1.54) is 6.07 Å². The lowest BCUT2D eigenvalue weighted by molar-refractivity contribution is -0.125. The fourth-order valence-electron chi connectivity index (χ4n) is 3.70. The van der Waals surface area contributed by atoms with Gasteiger partial charge in [-0.25, -0.2) is 8.78 Å². The van der Waals surface area contributed by atoms with Crippen molar-refractivity contribution in [3.05, 3.63) is 35.4 Å². The van der Waals surface area contributed by atoms with Gasteiger partial charge in [0.15, 0.2) is 11.6 Å². The normalized spacial score (nSPS) is 31.0. The van der Waals surface area contributed by atoms with Crippen LogP contribution in [-0.2, 0) is 9.53 Å². The molecule has 1 heterocycles. The monoisotopic (exact) mass is 323 g/mol. The summed E-state index contributed by atoms with van der Waals surface area (Å²) in [4.78, 5) is 12.5. The minimum absolute atomic E-state index is 0.0800. The highest BCUT2D eigenvalue weighted by Crippen LogP contribution is 2.49. The van der Waals surface area contributed by atoms with Gasteiger partial charge in [0, 0.05) is 5.92 Å². The van der Waals surface area contributed by atoms with Crippen LogP contribution in [0.15, 0.2) is 18.2 Å². The predicted molar refractivity (Wildman–Crippen MR) is 83.0 cm³/mol. The molecule has 0 aromatic heterocycles. The Kier molecular flexibility index (Phi) is 3.75. The highest BCUT2D eigenvalue weighted by Gasteiger charge is 2.50. The van der Waals surface area contributed by atoms with Crippen LogP contribution in [0.4, 0.5) is 8.78 Å². The second-order valence-electron chi connectivity index (χ2n) is 7.82. The Labute approximate surface area is 135 Å². The number of hydrogen-bond acceptors (Lipinski definition) is 2. The van der Waals surface area contributed by atoms with Crippen LogP contribution in [-0.4, -0.2) is 23.2 Å². The van der Waals surface area contributed by atoms with Gasteiger partial charge in [0.25, 0.3) is 0 Å². The Hall–Kier alpha value is -1.49. The van der Waals surface area contributed by atoms with E-state index in [1.54, 1.807) is 6.07 Å². The first-order valence-corrected chi connectivity index (χ1v) is 8.05. The fourth-order valence-corrected chi connectivity index (χ4v) is 3.70. The molecule has 0 spiro atoms. The van der Waals surface area contributed by atoms with Crippen LogP contribution in [0.25, 0.3) is 0 Å². The van der Waals surface area contributed by atoms with Crippen molar-refractivity contribution in [1.82, 2.24) is 5.32 Å². The van der Waals surface area contributed by atoms with Gasteiger partial charge in [-0.05, 0) is 58.1 Å². The van der Waals surface area contributed by atoms with Crippen LogP contribution in [0.5, 0.6) is 0 Å². The minimum atomic E-state index is -0.861. The van der Waals surface area contributed by atoms with Gasteiger partial charge < -0.3 is 10.1 Å². The van der Waals surface area contributed by atoms with Crippen molar-refractivity contribution in [1.29, 1.82) is 0 Å². The molecular formula is C18H23F2NO2. The van der Waals surface area contributed by atoms with E-state index in [-0.39, 0.29) is 29.4 Å². The Balaban J connectivity index is 1.66. The largest absolute Gasteiger partial charge is 0.367 e. The van der Waals surface area contributed by atoms with E-state index in [9.17, 15) is 13.6 Å². The molecular weight excluding hydrogens is 300 g/mol. The van der Waals surface area contributed by atoms with Crippen molar-refractivity contribution in [2.75, 3.05) is 0 Å². The Bertz CT molecular complexity index is 642. The lowest BCUT2D eigenvalue weighted by atomic mass is 9.94. The summed E-state index contributed by atoms with van der Waals surface area (Å²) in [6.45, 7) is 7.93. The maximum atomic E-state index is 13.8. The van der Waals surface area contributed by atoms with Crippen LogP contribution in [0, 0.1) is 17.6 Å². The van der Waals surface area contributed by atoms with Gasteiger partial charge >= 0.3 is 0 Å². The first-order valence-electron chi connectivity index (χ1n) is 8.05. The van der Waals surface area contributed by atoms with Crippen molar-refractivity contribution in [2.24, 2.45) is 5.92 Å². The average Bonchev–Trinajstić information content (AvgIpc) is 3.16. The van der Waals surface area contributed by atoms with Crippen molar-refractivity contribution in [3.8, 4) is 0 Å². The Morgan fingerprint density at radius 3 is 2.57 bits per heavy atom. The Morgan fingerprint density at radius 2 is 1.96 bits per heavy atom. The number of hydrogen-bond donors (Lipinski definition) is 1. The number of carbonyl (C=O) groups is 1. The number of rotatable bonds is 3. The van der Waals surface area contributed by atoms with E-state index in [0.29, 0.717) is 12.0 Å². The van der Waals surface area contributed by atoms with E-state index in [2.05, 4.69) is 5.32 Å². The molecule has 0 bridgehead atoms. The molecule has 23 heavy (non-hydrogen) atoms. The van der Waals surface area contributed by atoms with Gasteiger partial charge in [-0.2, -0.15) is 0 Å². The SMILES string of the molecule is CC1(C)CC(NC(=O)C2CC2c2cccc(F)c2F)C(C)(C)O1. The molecule has 5 heteroatoms. The first-order chi connectivity index (χ1) is 10.6. The van der Waals surface area contributed by atoms with Gasteiger partial charge in [-0.1, -0.05) is 12.1 Å². The summed E-state index contributed by atoms with van der Waals surface area (Å²) in [7, 11) is 0. The molecule has 1 aliphatic heterocycles. The topological polar surface area (TPSA) is 38.3 Å². The third-order valence-electron chi connectivity index (χ3n) is 4.90. The molecule has 1 N–H and O–H groups in total. The zero-order valence-corrected chi connectivity index (χ0v) is 14.0. The summed E-state index contributed by atoms with van der Waals surface area (Å²) in [6.07, 6.45) is 1.29. The number of benzene rings is 1. The maximum Gasteiger partial charge on any atom is 0.224 e. The van der Waals surface area contributed by atoms with Gasteiger partial charge in [0.1, 0.15) is 0 Å². The molecule has 1 aliphatic carbocycles. The number of nitrogens with one attached hydrogen (secondary N) is 1. The van der Waals surface area contributed by atoms with Gasteiger partial charge in [-0.3, -0.25) is 4.79 Å². The standard InChI is InChI=1S/C18H23F2NO2/c1-17(2)9-14(18(3,4)23-17)21-16(22)12-8-11(12)10-6-5-7-13(19)15(10)20/h5-7,11-12,14H,8-9H2,1-4H3,(H,21,22). The molecule has 3 nitrogen and oxygen atoms in total. The van der Waals surface area contributed by atoms with Crippen molar-refractivity contribution in [2.45, 2.75) is 63.7 Å². The van der Waals surface area contributed by atoms with Crippen LogP contribution in [0.3, 0.4) is 0 Å². The molecule has 1 saturated carbocycles. The van der Waals surface area contributed by atoms with Crippen molar-refractivity contribution < 1.29 is 18.3 Å². The van der Waals surface area contributed by atoms with E-state index in [4.69, 9.17) is 4.74 Å². The molecule has 1 aromatic rings. The molecule has 3 unspecified atom stereocenters. The summed E-state index contributed by atoms with van der Waals surface area (Å²) in [5.41, 5.74) is -0.417. The van der Waals surface area contributed by atoms with Gasteiger partial charge in [0.05, 0.1) is 17.2 Å². The summed E-state index contributed by atoms with van der Waals surface area (Å²) < 4.78 is 33.1. The molecule has 126 valence electrons.